The van der Waals surface area contributed by atoms with Crippen molar-refractivity contribution in [1.82, 2.24) is 15.7 Å². The number of urea groups is 1. The number of pyridine rings is 1. The van der Waals surface area contributed by atoms with Crippen molar-refractivity contribution in [3.63, 3.8) is 0 Å². The molecule has 30 heavy (non-hydrogen) atoms. The molecule has 3 amide bonds. The number of amides is 3. The fraction of sp³-hybridized carbons (Fsp3) is 0.0526. The van der Waals surface area contributed by atoms with Crippen molar-refractivity contribution < 1.29 is 14.3 Å². The van der Waals surface area contributed by atoms with Gasteiger partial charge in [-0.3, -0.25) is 19.9 Å². The molecular formula is C19H11Cl2N5O4. The molecule has 0 aliphatic carbocycles. The van der Waals surface area contributed by atoms with Crippen LogP contribution in [0.2, 0.25) is 10.0 Å². The molecule has 3 N–H and O–H groups in total. The summed E-state index contributed by atoms with van der Waals surface area (Å²) in [7, 11) is 0. The largest absolute Gasteiger partial charge is 0.454 e. The average Bonchev–Trinajstić information content (AvgIpc) is 2.70. The standard InChI is InChI=1S/C19H11Cl2N5O4/c20-12-6-10(26-15(8-22)18(28)24-19(29)25-26)7-13(21)17(12)30-11-2-3-14-9(5-11)1-4-16(27)23-14/h1-7,15H,(H,23,27)(H2,24,25,28,29). The number of nitrogens with one attached hydrogen (secondary N) is 3. The van der Waals surface area contributed by atoms with Gasteiger partial charge in [0.05, 0.1) is 21.8 Å². The maximum absolute atomic E-state index is 11.9. The normalized spacial score (nSPS) is 16.0. The minimum absolute atomic E-state index is 0.0935. The summed E-state index contributed by atoms with van der Waals surface area (Å²) >= 11 is 12.7. The van der Waals surface area contributed by atoms with Crippen molar-refractivity contribution >= 4 is 51.7 Å². The number of H-pyrrole nitrogens is 1. The van der Waals surface area contributed by atoms with Gasteiger partial charge in [0.15, 0.2) is 5.75 Å². The van der Waals surface area contributed by atoms with E-state index in [0.717, 1.165) is 10.4 Å². The van der Waals surface area contributed by atoms with Gasteiger partial charge in [-0.05, 0) is 36.4 Å². The van der Waals surface area contributed by atoms with Crippen molar-refractivity contribution in [3.8, 4) is 17.6 Å². The van der Waals surface area contributed by atoms with Gasteiger partial charge in [-0.25, -0.2) is 10.2 Å². The summed E-state index contributed by atoms with van der Waals surface area (Å²) in [5.74, 6) is -0.207. The highest BCUT2D eigenvalue weighted by atomic mass is 35.5. The Morgan fingerprint density at radius 2 is 1.77 bits per heavy atom. The highest BCUT2D eigenvalue weighted by molar-refractivity contribution is 6.37. The van der Waals surface area contributed by atoms with Crippen molar-refractivity contribution in [2.45, 2.75) is 6.04 Å². The van der Waals surface area contributed by atoms with E-state index < -0.39 is 18.0 Å². The third-order valence-corrected chi connectivity index (χ3v) is 4.83. The fourth-order valence-corrected chi connectivity index (χ4v) is 3.48. The second kappa shape index (κ2) is 7.59. The molecule has 1 unspecified atom stereocenters. The van der Waals surface area contributed by atoms with E-state index in [1.54, 1.807) is 30.3 Å². The molecule has 1 aliphatic heterocycles. The molecule has 0 radical (unpaired) electrons. The third-order valence-electron chi connectivity index (χ3n) is 4.26. The van der Waals surface area contributed by atoms with Crippen LogP contribution >= 0.6 is 23.2 Å². The quantitative estimate of drug-likeness (QED) is 0.570. The topological polar surface area (TPSA) is 127 Å². The number of aromatic nitrogens is 1. The molecule has 150 valence electrons. The SMILES string of the molecule is N#CC1C(=O)NC(=O)NN1c1cc(Cl)c(Oc2ccc3[nH]c(=O)ccc3c2)c(Cl)c1. The van der Waals surface area contributed by atoms with Gasteiger partial charge in [0.1, 0.15) is 5.75 Å². The monoisotopic (exact) mass is 443 g/mol. The van der Waals surface area contributed by atoms with Crippen LogP contribution < -0.4 is 26.0 Å². The minimum Gasteiger partial charge on any atom is -0.454 e. The number of anilines is 1. The number of hydrogen-bond acceptors (Lipinski definition) is 6. The van der Waals surface area contributed by atoms with Crippen LogP contribution in [-0.2, 0) is 4.79 Å². The van der Waals surface area contributed by atoms with Gasteiger partial charge in [-0.15, -0.1) is 0 Å². The zero-order valence-corrected chi connectivity index (χ0v) is 16.4. The number of carbonyl (C=O) groups is 2. The number of hydrogen-bond donors (Lipinski definition) is 3. The summed E-state index contributed by atoms with van der Waals surface area (Å²) in [4.78, 5) is 37.6. The molecule has 2 heterocycles. The van der Waals surface area contributed by atoms with Crippen molar-refractivity contribution in [1.29, 1.82) is 5.26 Å². The van der Waals surface area contributed by atoms with E-state index >= 15 is 0 Å². The fourth-order valence-electron chi connectivity index (χ4n) is 2.93. The van der Waals surface area contributed by atoms with Gasteiger partial charge < -0.3 is 9.72 Å². The first kappa shape index (κ1) is 19.6. The molecule has 1 atom stereocenters. The Morgan fingerprint density at radius 3 is 2.47 bits per heavy atom. The second-order valence-corrected chi connectivity index (χ2v) is 7.06. The number of hydrazine groups is 1. The highest BCUT2D eigenvalue weighted by Crippen LogP contribution is 2.40. The van der Waals surface area contributed by atoms with E-state index in [-0.39, 0.29) is 27.0 Å². The molecule has 3 aromatic rings. The van der Waals surface area contributed by atoms with Crippen LogP contribution in [0.25, 0.3) is 10.9 Å². The first-order valence-corrected chi connectivity index (χ1v) is 9.21. The molecule has 1 fully saturated rings. The molecule has 0 spiro atoms. The van der Waals surface area contributed by atoms with Crippen LogP contribution in [0, 0.1) is 11.3 Å². The molecule has 9 nitrogen and oxygen atoms in total. The number of fused-ring (bicyclic) bond motifs is 1. The number of benzene rings is 2. The van der Waals surface area contributed by atoms with Gasteiger partial charge in [0.25, 0.3) is 5.91 Å². The molecule has 1 aliphatic rings. The maximum Gasteiger partial charge on any atom is 0.340 e. The number of nitriles is 1. The summed E-state index contributed by atoms with van der Waals surface area (Å²) in [6.07, 6.45) is 0. The van der Waals surface area contributed by atoms with Crippen LogP contribution in [0.3, 0.4) is 0 Å². The van der Waals surface area contributed by atoms with Crippen LogP contribution in [0.4, 0.5) is 10.5 Å². The molecule has 4 rings (SSSR count). The number of aromatic amines is 1. The first-order valence-electron chi connectivity index (χ1n) is 8.46. The van der Waals surface area contributed by atoms with E-state index in [1.165, 1.54) is 18.2 Å². The lowest BCUT2D eigenvalue weighted by Crippen LogP contribution is -2.64. The highest BCUT2D eigenvalue weighted by Gasteiger charge is 2.34. The lowest BCUT2D eigenvalue weighted by atomic mass is 10.2. The van der Waals surface area contributed by atoms with E-state index in [0.29, 0.717) is 11.3 Å². The maximum atomic E-state index is 11.9. The van der Waals surface area contributed by atoms with Crippen LogP contribution in [0.15, 0.2) is 47.3 Å². The van der Waals surface area contributed by atoms with Gasteiger partial charge in [-0.2, -0.15) is 5.26 Å². The Labute approximate surface area is 178 Å². The lowest BCUT2D eigenvalue weighted by Gasteiger charge is -2.32. The van der Waals surface area contributed by atoms with E-state index in [1.807, 2.05) is 5.32 Å². The Bertz CT molecular complexity index is 1280. The molecular weight excluding hydrogens is 433 g/mol. The Morgan fingerprint density at radius 1 is 1.03 bits per heavy atom. The van der Waals surface area contributed by atoms with E-state index in [9.17, 15) is 19.6 Å². The average molecular weight is 444 g/mol. The summed E-state index contributed by atoms with van der Waals surface area (Å²) in [5, 5.41) is 13.3. The van der Waals surface area contributed by atoms with Crippen molar-refractivity contribution in [2.24, 2.45) is 0 Å². The van der Waals surface area contributed by atoms with Gasteiger partial charge in [0, 0.05) is 17.0 Å². The molecule has 11 heteroatoms. The predicted octanol–water partition coefficient (Wildman–Crippen LogP) is 3.08. The minimum atomic E-state index is -1.30. The first-order chi connectivity index (χ1) is 14.4. The second-order valence-electron chi connectivity index (χ2n) is 6.24. The zero-order chi connectivity index (χ0) is 21.4. The molecule has 1 saturated heterocycles. The Kier molecular flexibility index (Phi) is 4.95. The number of nitrogens with zero attached hydrogens (tertiary/aromatic N) is 2. The van der Waals surface area contributed by atoms with Gasteiger partial charge in [-0.1, -0.05) is 23.2 Å². The summed E-state index contributed by atoms with van der Waals surface area (Å²) in [5.41, 5.74) is 3.02. The third kappa shape index (κ3) is 3.61. The summed E-state index contributed by atoms with van der Waals surface area (Å²) < 4.78 is 5.81. The van der Waals surface area contributed by atoms with E-state index in [2.05, 4.69) is 10.4 Å². The number of ether oxygens (including phenoxy) is 1. The predicted molar refractivity (Wildman–Crippen MR) is 110 cm³/mol. The smallest absolute Gasteiger partial charge is 0.340 e. The van der Waals surface area contributed by atoms with Crippen molar-refractivity contribution in [2.75, 3.05) is 5.01 Å². The number of halogens is 2. The number of imide groups is 1. The Balaban J connectivity index is 1.67. The summed E-state index contributed by atoms with van der Waals surface area (Å²) in [6.45, 7) is 0. The van der Waals surface area contributed by atoms with Crippen LogP contribution in [-0.4, -0.2) is 23.0 Å². The van der Waals surface area contributed by atoms with Gasteiger partial charge in [0.2, 0.25) is 11.6 Å². The molecule has 1 aromatic heterocycles. The molecule has 2 aromatic carbocycles. The zero-order valence-electron chi connectivity index (χ0n) is 14.9. The molecule has 0 saturated carbocycles. The van der Waals surface area contributed by atoms with Crippen LogP contribution in [0.5, 0.6) is 11.5 Å². The lowest BCUT2D eigenvalue weighted by molar-refractivity contribution is -0.121. The number of rotatable bonds is 3. The molecule has 0 bridgehead atoms. The van der Waals surface area contributed by atoms with E-state index in [4.69, 9.17) is 27.9 Å². The van der Waals surface area contributed by atoms with Gasteiger partial charge >= 0.3 is 6.03 Å². The summed E-state index contributed by atoms with van der Waals surface area (Å²) in [6, 6.07) is 10.6. The Hall–Kier alpha value is -3.74. The number of carbonyl (C=O) groups excluding carboxylic acids is 2. The van der Waals surface area contributed by atoms with Crippen LogP contribution in [0.1, 0.15) is 0 Å². The van der Waals surface area contributed by atoms with Crippen molar-refractivity contribution in [3.05, 3.63) is 62.9 Å².